The van der Waals surface area contributed by atoms with Crippen LogP contribution in [-0.2, 0) is 7.05 Å². The fraction of sp³-hybridized carbons (Fsp3) is 0.222. The van der Waals surface area contributed by atoms with E-state index >= 15 is 0 Å². The molecule has 4 aromatic rings. The molecule has 7 nitrogen and oxygen atoms in total. The van der Waals surface area contributed by atoms with Crippen molar-refractivity contribution in [3.05, 3.63) is 94.1 Å². The molecule has 0 unspecified atom stereocenters. The van der Waals surface area contributed by atoms with Crippen LogP contribution in [0.15, 0.2) is 71.4 Å². The Kier molecular flexibility index (Phi) is 6.11. The number of nitrogens with two attached hydrogens (primary N) is 1. The molecule has 0 atom stereocenters. The summed E-state index contributed by atoms with van der Waals surface area (Å²) in [6, 6.07) is 9.84. The molecule has 3 N–H and O–H groups in total. The van der Waals surface area contributed by atoms with Crippen LogP contribution in [-0.4, -0.2) is 25.6 Å². The molecule has 3 heterocycles. The summed E-state index contributed by atoms with van der Waals surface area (Å²) in [4.78, 5) is 22.5. The van der Waals surface area contributed by atoms with Crippen LogP contribution in [0, 0.1) is 13.8 Å². The first-order valence-electron chi connectivity index (χ1n) is 11.2. The minimum Gasteiger partial charge on any atom is -0.404 e. The molecule has 1 aromatic carbocycles. The van der Waals surface area contributed by atoms with E-state index in [0.29, 0.717) is 0 Å². The number of aryl methyl sites for hydroxylation is 3. The van der Waals surface area contributed by atoms with Gasteiger partial charge in [-0.25, -0.2) is 4.79 Å². The highest BCUT2D eigenvalue weighted by Crippen LogP contribution is 2.29. The lowest BCUT2D eigenvalue weighted by Crippen LogP contribution is -2.21. The van der Waals surface area contributed by atoms with Crippen molar-refractivity contribution in [1.82, 2.24) is 24.4 Å². The summed E-state index contributed by atoms with van der Waals surface area (Å²) in [5, 5.41) is 4.19. The van der Waals surface area contributed by atoms with Crippen LogP contribution in [0.5, 0.6) is 0 Å². The van der Waals surface area contributed by atoms with Crippen LogP contribution < -0.4 is 16.7 Å². The molecule has 0 radical (unpaired) electrons. The van der Waals surface area contributed by atoms with Crippen LogP contribution >= 0.6 is 0 Å². The van der Waals surface area contributed by atoms with Crippen LogP contribution in [0.2, 0.25) is 0 Å². The SMILES string of the molecule is C=C(C)/C(=C\C(=C/N)c1ccc2ncc3c(c2c1)n(-c1ccc(C)nc1C)c(=O)n3C)NCC. The molecule has 0 aliphatic carbocycles. The van der Waals surface area contributed by atoms with Crippen LogP contribution in [0.1, 0.15) is 30.8 Å². The number of hydrogen-bond donors (Lipinski definition) is 2. The predicted molar refractivity (Wildman–Crippen MR) is 140 cm³/mol. The van der Waals surface area contributed by atoms with E-state index in [-0.39, 0.29) is 5.69 Å². The minimum atomic E-state index is -0.144. The molecule has 0 fully saturated rings. The monoisotopic (exact) mass is 454 g/mol. The van der Waals surface area contributed by atoms with E-state index in [1.165, 1.54) is 0 Å². The molecule has 4 rings (SSSR count). The topological polar surface area (TPSA) is 90.8 Å². The summed E-state index contributed by atoms with van der Waals surface area (Å²) < 4.78 is 3.35. The van der Waals surface area contributed by atoms with E-state index in [4.69, 9.17) is 5.73 Å². The number of allylic oxidation sites excluding steroid dienone is 3. The molecule has 0 bridgehead atoms. The third-order valence-corrected chi connectivity index (χ3v) is 5.96. The molecule has 0 spiro atoms. The van der Waals surface area contributed by atoms with E-state index < -0.39 is 0 Å². The Morgan fingerprint density at radius 3 is 2.65 bits per heavy atom. The number of imidazole rings is 1. The van der Waals surface area contributed by atoms with Crippen molar-refractivity contribution in [2.24, 2.45) is 12.8 Å². The van der Waals surface area contributed by atoms with E-state index in [1.807, 2.05) is 64.1 Å². The Labute approximate surface area is 199 Å². The zero-order valence-electron chi connectivity index (χ0n) is 20.3. The first-order valence-corrected chi connectivity index (χ1v) is 11.2. The zero-order valence-corrected chi connectivity index (χ0v) is 20.3. The summed E-state index contributed by atoms with van der Waals surface area (Å²) in [5.74, 6) is 0. The van der Waals surface area contributed by atoms with Crippen molar-refractivity contribution in [1.29, 1.82) is 0 Å². The summed E-state index contributed by atoms with van der Waals surface area (Å²) in [7, 11) is 1.76. The number of aromatic nitrogens is 4. The van der Waals surface area contributed by atoms with Gasteiger partial charge in [0, 0.05) is 36.6 Å². The molecular weight excluding hydrogens is 424 g/mol. The molecular formula is C27H30N6O. The molecule has 0 amide bonds. The summed E-state index contributed by atoms with van der Waals surface area (Å²) in [6.45, 7) is 12.7. The molecule has 3 aromatic heterocycles. The fourth-order valence-electron chi connectivity index (χ4n) is 4.21. The molecule has 34 heavy (non-hydrogen) atoms. The lowest BCUT2D eigenvalue weighted by Gasteiger charge is -2.12. The van der Waals surface area contributed by atoms with Gasteiger partial charge < -0.3 is 11.1 Å². The fourth-order valence-corrected chi connectivity index (χ4v) is 4.21. The second kappa shape index (κ2) is 9.02. The minimum absolute atomic E-state index is 0.144. The summed E-state index contributed by atoms with van der Waals surface area (Å²) in [5.41, 5.74) is 14.3. The van der Waals surface area contributed by atoms with Crippen molar-refractivity contribution < 1.29 is 0 Å². The van der Waals surface area contributed by atoms with Crippen molar-refractivity contribution in [2.75, 3.05) is 6.54 Å². The molecule has 174 valence electrons. The van der Waals surface area contributed by atoms with Crippen molar-refractivity contribution >= 4 is 27.5 Å². The maximum Gasteiger partial charge on any atom is 0.333 e. The predicted octanol–water partition coefficient (Wildman–Crippen LogP) is 4.26. The van der Waals surface area contributed by atoms with Gasteiger partial charge in [-0.1, -0.05) is 12.6 Å². The summed E-state index contributed by atoms with van der Waals surface area (Å²) in [6.07, 6.45) is 5.32. The average Bonchev–Trinajstić information content (AvgIpc) is 3.06. The highest BCUT2D eigenvalue weighted by molar-refractivity contribution is 6.04. The largest absolute Gasteiger partial charge is 0.404 e. The second-order valence-electron chi connectivity index (χ2n) is 8.45. The Balaban J connectivity index is 2.03. The maximum atomic E-state index is 13.3. The molecule has 7 heteroatoms. The molecule has 0 saturated heterocycles. The number of hydrogen-bond acceptors (Lipinski definition) is 5. The Bertz CT molecular complexity index is 1550. The van der Waals surface area contributed by atoms with Crippen molar-refractivity contribution in [3.8, 4) is 5.69 Å². The van der Waals surface area contributed by atoms with Crippen LogP contribution in [0.3, 0.4) is 0 Å². The van der Waals surface area contributed by atoms with Crippen molar-refractivity contribution in [3.63, 3.8) is 0 Å². The van der Waals surface area contributed by atoms with Gasteiger partial charge >= 0.3 is 5.69 Å². The zero-order chi connectivity index (χ0) is 24.6. The number of nitrogens with zero attached hydrogens (tertiary/aromatic N) is 4. The van der Waals surface area contributed by atoms with Gasteiger partial charge in [0.2, 0.25) is 0 Å². The molecule has 0 saturated carbocycles. The number of likely N-dealkylation sites (N-methyl/N-ethyl adjacent to an activating group) is 1. The number of nitrogens with one attached hydrogen (secondary N) is 1. The Morgan fingerprint density at radius 2 is 2.00 bits per heavy atom. The smallest absolute Gasteiger partial charge is 0.333 e. The maximum absolute atomic E-state index is 13.3. The van der Waals surface area contributed by atoms with Crippen LogP contribution in [0.25, 0.3) is 33.2 Å². The van der Waals surface area contributed by atoms with Gasteiger partial charge in [-0.05, 0) is 74.7 Å². The number of fused-ring (bicyclic) bond motifs is 3. The number of benzene rings is 1. The lowest BCUT2D eigenvalue weighted by atomic mass is 10.0. The van der Waals surface area contributed by atoms with E-state index in [9.17, 15) is 4.79 Å². The van der Waals surface area contributed by atoms with Gasteiger partial charge in [0.05, 0.1) is 34.1 Å². The third kappa shape index (κ3) is 3.90. The quantitative estimate of drug-likeness (QED) is 0.425. The van der Waals surface area contributed by atoms with Crippen molar-refractivity contribution in [2.45, 2.75) is 27.7 Å². The van der Waals surface area contributed by atoms with Gasteiger partial charge in [-0.3, -0.25) is 19.1 Å². The highest BCUT2D eigenvalue weighted by Gasteiger charge is 2.18. The van der Waals surface area contributed by atoms with E-state index in [2.05, 4.69) is 21.9 Å². The Hall–Kier alpha value is -4.13. The van der Waals surface area contributed by atoms with Gasteiger partial charge in [0.15, 0.2) is 0 Å². The lowest BCUT2D eigenvalue weighted by molar-refractivity contribution is 0.839. The second-order valence-corrected chi connectivity index (χ2v) is 8.45. The third-order valence-electron chi connectivity index (χ3n) is 5.96. The standard InChI is InChI=1S/C27H30N6O/c1-7-29-23(16(2)3)13-20(14-28)19-9-10-22-21(12-19)26-25(15-30-22)32(6)27(34)33(26)24-11-8-17(4)31-18(24)5/h8-15,29H,2,7,28H2,1,3-6H3/b20-14+,23-13+. The van der Waals surface area contributed by atoms with Gasteiger partial charge in [-0.2, -0.15) is 0 Å². The number of rotatable bonds is 6. The molecule has 0 aliphatic rings. The van der Waals surface area contributed by atoms with Gasteiger partial charge in [0.1, 0.15) is 0 Å². The molecule has 0 aliphatic heterocycles. The van der Waals surface area contributed by atoms with Gasteiger partial charge in [-0.15, -0.1) is 0 Å². The van der Waals surface area contributed by atoms with E-state index in [0.717, 1.165) is 68.0 Å². The first-order chi connectivity index (χ1) is 16.3. The normalized spacial score (nSPS) is 12.5. The first kappa shape index (κ1) is 23.0. The van der Waals surface area contributed by atoms with Crippen LogP contribution in [0.4, 0.5) is 0 Å². The highest BCUT2D eigenvalue weighted by atomic mass is 16.1. The van der Waals surface area contributed by atoms with Gasteiger partial charge in [0.25, 0.3) is 0 Å². The number of pyridine rings is 2. The summed E-state index contributed by atoms with van der Waals surface area (Å²) >= 11 is 0. The average molecular weight is 455 g/mol. The Morgan fingerprint density at radius 1 is 1.24 bits per heavy atom. The van der Waals surface area contributed by atoms with E-state index in [1.54, 1.807) is 28.6 Å².